The van der Waals surface area contributed by atoms with Crippen molar-refractivity contribution in [1.82, 2.24) is 14.4 Å². The Labute approximate surface area is 83.0 Å². The standard InChI is InChI=1S/C10H14N4/c1-3-4-11-9-7-14-6-8(2)12-5-10(14)13-9/h5-7,11H,3-4H2,1-2H3. The Kier molecular flexibility index (Phi) is 2.35. The summed E-state index contributed by atoms with van der Waals surface area (Å²) in [6.07, 6.45) is 6.84. The number of aromatic nitrogens is 3. The van der Waals surface area contributed by atoms with E-state index in [1.165, 1.54) is 0 Å². The molecule has 14 heavy (non-hydrogen) atoms. The summed E-state index contributed by atoms with van der Waals surface area (Å²) >= 11 is 0. The Hall–Kier alpha value is -1.58. The number of fused-ring (bicyclic) bond motifs is 1. The molecule has 4 nitrogen and oxygen atoms in total. The molecule has 0 aliphatic rings. The van der Waals surface area contributed by atoms with Gasteiger partial charge in [0.1, 0.15) is 5.82 Å². The summed E-state index contributed by atoms with van der Waals surface area (Å²) in [4.78, 5) is 8.57. The summed E-state index contributed by atoms with van der Waals surface area (Å²) in [6, 6.07) is 0. The highest BCUT2D eigenvalue weighted by Crippen LogP contribution is 2.08. The molecule has 0 spiro atoms. The Bertz CT molecular complexity index is 433. The van der Waals surface area contributed by atoms with Crippen LogP contribution in [-0.4, -0.2) is 20.9 Å². The number of imidazole rings is 1. The van der Waals surface area contributed by atoms with Crippen LogP contribution in [0.3, 0.4) is 0 Å². The molecule has 4 heteroatoms. The van der Waals surface area contributed by atoms with Crippen LogP contribution >= 0.6 is 0 Å². The monoisotopic (exact) mass is 190 g/mol. The summed E-state index contributed by atoms with van der Waals surface area (Å²) in [5.74, 6) is 0.916. The highest BCUT2D eigenvalue weighted by molar-refractivity contribution is 5.47. The number of anilines is 1. The fraction of sp³-hybridized carbons (Fsp3) is 0.400. The van der Waals surface area contributed by atoms with E-state index in [9.17, 15) is 0 Å². The van der Waals surface area contributed by atoms with Gasteiger partial charge < -0.3 is 9.72 Å². The topological polar surface area (TPSA) is 42.2 Å². The lowest BCUT2D eigenvalue weighted by atomic mass is 10.5. The van der Waals surface area contributed by atoms with Gasteiger partial charge in [-0.3, -0.25) is 4.98 Å². The van der Waals surface area contributed by atoms with Crippen molar-refractivity contribution in [3.05, 3.63) is 24.3 Å². The van der Waals surface area contributed by atoms with E-state index in [0.717, 1.165) is 30.1 Å². The van der Waals surface area contributed by atoms with E-state index in [0.29, 0.717) is 0 Å². The number of aryl methyl sites for hydroxylation is 1. The van der Waals surface area contributed by atoms with Crippen molar-refractivity contribution < 1.29 is 0 Å². The normalized spacial score (nSPS) is 10.7. The van der Waals surface area contributed by atoms with Gasteiger partial charge in [0, 0.05) is 12.7 Å². The van der Waals surface area contributed by atoms with E-state index in [-0.39, 0.29) is 0 Å². The first-order chi connectivity index (χ1) is 6.79. The third-order valence-electron chi connectivity index (χ3n) is 2.03. The molecule has 2 aromatic rings. The van der Waals surface area contributed by atoms with E-state index in [1.54, 1.807) is 6.20 Å². The molecule has 2 aromatic heterocycles. The second-order valence-corrected chi connectivity index (χ2v) is 3.35. The zero-order valence-electron chi connectivity index (χ0n) is 8.49. The molecule has 0 amide bonds. The number of hydrogen-bond donors (Lipinski definition) is 1. The summed E-state index contributed by atoms with van der Waals surface area (Å²) in [7, 11) is 0. The summed E-state index contributed by atoms with van der Waals surface area (Å²) < 4.78 is 1.99. The van der Waals surface area contributed by atoms with Gasteiger partial charge in [0.05, 0.1) is 18.1 Å². The van der Waals surface area contributed by atoms with Gasteiger partial charge in [-0.15, -0.1) is 0 Å². The van der Waals surface area contributed by atoms with Crippen LogP contribution in [0.4, 0.5) is 5.82 Å². The molecular weight excluding hydrogens is 176 g/mol. The minimum atomic E-state index is 0.884. The fourth-order valence-electron chi connectivity index (χ4n) is 1.34. The fourth-order valence-corrected chi connectivity index (χ4v) is 1.34. The highest BCUT2D eigenvalue weighted by atomic mass is 15.1. The zero-order valence-corrected chi connectivity index (χ0v) is 8.49. The van der Waals surface area contributed by atoms with Gasteiger partial charge in [-0.25, -0.2) is 4.98 Å². The number of hydrogen-bond acceptors (Lipinski definition) is 3. The lowest BCUT2D eigenvalue weighted by Gasteiger charge is -1.96. The Morgan fingerprint density at radius 3 is 3.07 bits per heavy atom. The summed E-state index contributed by atoms with van der Waals surface area (Å²) in [6.45, 7) is 5.06. The van der Waals surface area contributed by atoms with Crippen LogP contribution in [-0.2, 0) is 0 Å². The predicted molar refractivity (Wildman–Crippen MR) is 56.5 cm³/mol. The minimum absolute atomic E-state index is 0.884. The molecule has 0 radical (unpaired) electrons. The molecule has 0 saturated carbocycles. The zero-order chi connectivity index (χ0) is 9.97. The van der Waals surface area contributed by atoms with E-state index in [2.05, 4.69) is 22.2 Å². The molecular formula is C10H14N4. The highest BCUT2D eigenvalue weighted by Gasteiger charge is 2.00. The second-order valence-electron chi connectivity index (χ2n) is 3.35. The Balaban J connectivity index is 2.32. The Morgan fingerprint density at radius 1 is 1.43 bits per heavy atom. The molecule has 0 atom stereocenters. The van der Waals surface area contributed by atoms with Crippen molar-refractivity contribution in [3.63, 3.8) is 0 Å². The molecule has 0 aliphatic heterocycles. The van der Waals surface area contributed by atoms with Crippen molar-refractivity contribution in [3.8, 4) is 0 Å². The lowest BCUT2D eigenvalue weighted by Crippen LogP contribution is -1.98. The van der Waals surface area contributed by atoms with Gasteiger partial charge in [-0.05, 0) is 13.3 Å². The van der Waals surface area contributed by atoms with Crippen LogP contribution in [0.1, 0.15) is 19.0 Å². The maximum absolute atomic E-state index is 4.38. The van der Waals surface area contributed by atoms with Gasteiger partial charge >= 0.3 is 0 Å². The average Bonchev–Trinajstić information content (AvgIpc) is 2.56. The smallest absolute Gasteiger partial charge is 0.157 e. The van der Waals surface area contributed by atoms with Crippen molar-refractivity contribution >= 4 is 11.5 Å². The number of nitrogens with one attached hydrogen (secondary N) is 1. The maximum Gasteiger partial charge on any atom is 0.157 e. The second kappa shape index (κ2) is 3.65. The largest absolute Gasteiger partial charge is 0.369 e. The molecule has 2 rings (SSSR count). The minimum Gasteiger partial charge on any atom is -0.369 e. The first-order valence-electron chi connectivity index (χ1n) is 4.85. The van der Waals surface area contributed by atoms with E-state index in [4.69, 9.17) is 0 Å². The average molecular weight is 190 g/mol. The molecule has 1 N–H and O–H groups in total. The van der Waals surface area contributed by atoms with Crippen LogP contribution < -0.4 is 5.32 Å². The van der Waals surface area contributed by atoms with E-state index < -0.39 is 0 Å². The first kappa shape index (κ1) is 8.99. The molecule has 0 unspecified atom stereocenters. The SMILES string of the molecule is CCCNc1cn2cc(C)ncc2n1. The molecule has 74 valence electrons. The van der Waals surface area contributed by atoms with Crippen LogP contribution in [0.2, 0.25) is 0 Å². The van der Waals surface area contributed by atoms with E-state index >= 15 is 0 Å². The van der Waals surface area contributed by atoms with Gasteiger partial charge in [-0.1, -0.05) is 6.92 Å². The van der Waals surface area contributed by atoms with Crippen LogP contribution in [0.15, 0.2) is 18.6 Å². The molecule has 0 saturated heterocycles. The molecule has 0 fully saturated rings. The van der Waals surface area contributed by atoms with Crippen LogP contribution in [0.5, 0.6) is 0 Å². The van der Waals surface area contributed by atoms with Gasteiger partial charge in [-0.2, -0.15) is 0 Å². The molecule has 2 heterocycles. The van der Waals surface area contributed by atoms with Crippen molar-refractivity contribution in [2.24, 2.45) is 0 Å². The van der Waals surface area contributed by atoms with Crippen molar-refractivity contribution in [2.45, 2.75) is 20.3 Å². The quantitative estimate of drug-likeness (QED) is 0.803. The molecule has 0 aromatic carbocycles. The first-order valence-corrected chi connectivity index (χ1v) is 4.85. The third kappa shape index (κ3) is 1.69. The van der Waals surface area contributed by atoms with Crippen molar-refractivity contribution in [2.75, 3.05) is 11.9 Å². The molecule has 0 bridgehead atoms. The maximum atomic E-state index is 4.38. The van der Waals surface area contributed by atoms with Crippen molar-refractivity contribution in [1.29, 1.82) is 0 Å². The van der Waals surface area contributed by atoms with Crippen LogP contribution in [0, 0.1) is 6.92 Å². The van der Waals surface area contributed by atoms with Gasteiger partial charge in [0.2, 0.25) is 0 Å². The van der Waals surface area contributed by atoms with Crippen LogP contribution in [0.25, 0.3) is 5.65 Å². The van der Waals surface area contributed by atoms with Gasteiger partial charge in [0.15, 0.2) is 5.65 Å². The summed E-state index contributed by atoms with van der Waals surface area (Å²) in [5, 5.41) is 3.24. The summed E-state index contributed by atoms with van der Waals surface area (Å²) in [5.41, 5.74) is 1.88. The number of nitrogens with zero attached hydrogens (tertiary/aromatic N) is 3. The van der Waals surface area contributed by atoms with E-state index in [1.807, 2.05) is 23.7 Å². The Morgan fingerprint density at radius 2 is 2.29 bits per heavy atom. The lowest BCUT2D eigenvalue weighted by molar-refractivity contribution is 0.973. The number of rotatable bonds is 3. The predicted octanol–water partition coefficient (Wildman–Crippen LogP) is 1.86. The molecule has 0 aliphatic carbocycles. The third-order valence-corrected chi connectivity index (χ3v) is 2.03. The van der Waals surface area contributed by atoms with Gasteiger partial charge in [0.25, 0.3) is 0 Å².